The molecule has 9 heteroatoms. The summed E-state index contributed by atoms with van der Waals surface area (Å²) in [4.78, 5) is 18.8. The minimum Gasteiger partial charge on any atom is -0.333 e. The van der Waals surface area contributed by atoms with Crippen LogP contribution in [0.15, 0.2) is 47.6 Å². The van der Waals surface area contributed by atoms with Crippen molar-refractivity contribution in [2.24, 2.45) is 0 Å². The van der Waals surface area contributed by atoms with Crippen molar-refractivity contribution < 1.29 is 13.2 Å². The summed E-state index contributed by atoms with van der Waals surface area (Å²) in [7, 11) is -3.67. The molecule has 2 aromatic rings. The summed E-state index contributed by atoms with van der Waals surface area (Å²) in [5, 5.41) is 9.12. The van der Waals surface area contributed by atoms with E-state index in [-0.39, 0.29) is 35.0 Å². The number of carbonyl (C=O) groups is 1. The van der Waals surface area contributed by atoms with Gasteiger partial charge in [-0.2, -0.15) is 9.57 Å². The van der Waals surface area contributed by atoms with Crippen LogP contribution in [0, 0.1) is 11.3 Å². The zero-order valence-electron chi connectivity index (χ0n) is 15.8. The maximum atomic E-state index is 13.2. The van der Waals surface area contributed by atoms with E-state index in [2.05, 4.69) is 4.98 Å². The Kier molecular flexibility index (Phi) is 6.85. The molecule has 1 aliphatic heterocycles. The first kappa shape index (κ1) is 21.2. The van der Waals surface area contributed by atoms with Crippen molar-refractivity contribution in [1.29, 1.82) is 5.26 Å². The third kappa shape index (κ3) is 4.93. The van der Waals surface area contributed by atoms with Crippen LogP contribution in [0.1, 0.15) is 35.2 Å². The molecular formula is C20H21ClN4O3S. The summed E-state index contributed by atoms with van der Waals surface area (Å²) in [5.74, 6) is -0.424. The fourth-order valence-electron chi connectivity index (χ4n) is 3.23. The Labute approximate surface area is 175 Å². The van der Waals surface area contributed by atoms with Gasteiger partial charge in [0.25, 0.3) is 5.91 Å². The number of hydrogen-bond donors (Lipinski definition) is 0. The molecule has 0 spiro atoms. The minimum absolute atomic E-state index is 0.0498. The van der Waals surface area contributed by atoms with Gasteiger partial charge in [-0.3, -0.25) is 9.78 Å². The predicted octanol–water partition coefficient (Wildman–Crippen LogP) is 3.08. The van der Waals surface area contributed by atoms with Crippen LogP contribution in [0.3, 0.4) is 0 Å². The zero-order chi connectivity index (χ0) is 20.9. The molecule has 0 saturated carbocycles. The number of hydrogen-bond acceptors (Lipinski definition) is 5. The summed E-state index contributed by atoms with van der Waals surface area (Å²) in [6, 6.07) is 9.82. The van der Waals surface area contributed by atoms with Crippen LogP contribution in [0.2, 0.25) is 5.02 Å². The Morgan fingerprint density at radius 2 is 2.03 bits per heavy atom. The van der Waals surface area contributed by atoms with Crippen LogP contribution < -0.4 is 0 Å². The van der Waals surface area contributed by atoms with E-state index in [1.807, 2.05) is 12.1 Å². The molecule has 1 aromatic heterocycles. The highest BCUT2D eigenvalue weighted by atomic mass is 35.5. The molecular weight excluding hydrogens is 412 g/mol. The number of benzene rings is 1. The van der Waals surface area contributed by atoms with Gasteiger partial charge in [0.2, 0.25) is 10.0 Å². The number of aromatic nitrogens is 1. The van der Waals surface area contributed by atoms with Gasteiger partial charge in [0, 0.05) is 38.6 Å². The quantitative estimate of drug-likeness (QED) is 0.670. The number of carbonyl (C=O) groups excluding carboxylic acids is 1. The van der Waals surface area contributed by atoms with Gasteiger partial charge in [-0.1, -0.05) is 17.7 Å². The van der Waals surface area contributed by atoms with Gasteiger partial charge in [0.1, 0.15) is 0 Å². The molecule has 0 atom stereocenters. The highest BCUT2D eigenvalue weighted by Crippen LogP contribution is 2.26. The van der Waals surface area contributed by atoms with E-state index in [9.17, 15) is 13.2 Å². The van der Waals surface area contributed by atoms with Gasteiger partial charge in [0.05, 0.1) is 28.0 Å². The number of pyridine rings is 1. The van der Waals surface area contributed by atoms with E-state index in [1.165, 1.54) is 27.4 Å². The first-order valence-corrected chi connectivity index (χ1v) is 11.1. The fraction of sp³-hybridized carbons (Fsp3) is 0.350. The molecule has 2 heterocycles. The van der Waals surface area contributed by atoms with Crippen molar-refractivity contribution in [3.63, 3.8) is 0 Å². The van der Waals surface area contributed by atoms with E-state index in [0.717, 1.165) is 18.4 Å². The normalized spacial score (nSPS) is 14.5. The molecule has 7 nitrogen and oxygen atoms in total. The van der Waals surface area contributed by atoms with Crippen LogP contribution in [0.4, 0.5) is 0 Å². The Balaban J connectivity index is 1.92. The molecule has 0 N–H and O–H groups in total. The highest BCUT2D eigenvalue weighted by Gasteiger charge is 2.29. The third-order valence-electron chi connectivity index (χ3n) is 4.75. The summed E-state index contributed by atoms with van der Waals surface area (Å²) in [6.45, 7) is 1.39. The first-order chi connectivity index (χ1) is 13.9. The summed E-state index contributed by atoms with van der Waals surface area (Å²) < 4.78 is 27.1. The summed E-state index contributed by atoms with van der Waals surface area (Å²) in [5.41, 5.74) is 0.907. The molecule has 0 unspecified atom stereocenters. The highest BCUT2D eigenvalue weighted by molar-refractivity contribution is 7.89. The number of amides is 1. The van der Waals surface area contributed by atoms with Gasteiger partial charge in [-0.25, -0.2) is 8.42 Å². The monoisotopic (exact) mass is 432 g/mol. The van der Waals surface area contributed by atoms with E-state index >= 15 is 0 Å². The van der Waals surface area contributed by atoms with Gasteiger partial charge < -0.3 is 4.90 Å². The molecule has 1 aromatic carbocycles. The Hall–Kier alpha value is -2.47. The van der Waals surface area contributed by atoms with Crippen molar-refractivity contribution in [2.75, 3.05) is 19.6 Å². The maximum Gasteiger partial charge on any atom is 0.255 e. The van der Waals surface area contributed by atoms with E-state index in [0.29, 0.717) is 13.1 Å². The Bertz CT molecular complexity index is 1020. The molecule has 152 valence electrons. The molecule has 0 bridgehead atoms. The van der Waals surface area contributed by atoms with Crippen LogP contribution in [0.5, 0.6) is 0 Å². The van der Waals surface area contributed by atoms with Crippen molar-refractivity contribution in [3.8, 4) is 6.07 Å². The summed E-state index contributed by atoms with van der Waals surface area (Å²) in [6.07, 6.45) is 5.07. The maximum absolute atomic E-state index is 13.2. The van der Waals surface area contributed by atoms with Gasteiger partial charge in [-0.05, 0) is 42.7 Å². The van der Waals surface area contributed by atoms with E-state index < -0.39 is 15.9 Å². The average Bonchev–Trinajstić information content (AvgIpc) is 3.27. The molecule has 0 radical (unpaired) electrons. The molecule has 1 fully saturated rings. The Morgan fingerprint density at radius 3 is 2.69 bits per heavy atom. The third-order valence-corrected chi connectivity index (χ3v) is 6.97. The van der Waals surface area contributed by atoms with Crippen LogP contribution >= 0.6 is 11.6 Å². The summed E-state index contributed by atoms with van der Waals surface area (Å²) >= 11 is 6.25. The lowest BCUT2D eigenvalue weighted by Gasteiger charge is -2.23. The number of halogens is 1. The molecule has 0 aliphatic carbocycles. The molecule has 1 saturated heterocycles. The van der Waals surface area contributed by atoms with Crippen LogP contribution in [0.25, 0.3) is 0 Å². The number of nitriles is 1. The van der Waals surface area contributed by atoms with Gasteiger partial charge >= 0.3 is 0 Å². The lowest BCUT2D eigenvalue weighted by molar-refractivity contribution is 0.0746. The number of rotatable bonds is 7. The average molecular weight is 433 g/mol. The van der Waals surface area contributed by atoms with Crippen molar-refractivity contribution >= 4 is 27.5 Å². The predicted molar refractivity (Wildman–Crippen MR) is 109 cm³/mol. The topological polar surface area (TPSA) is 94.4 Å². The van der Waals surface area contributed by atoms with Gasteiger partial charge in [-0.15, -0.1) is 0 Å². The van der Waals surface area contributed by atoms with Crippen molar-refractivity contribution in [1.82, 2.24) is 14.2 Å². The lowest BCUT2D eigenvalue weighted by Crippen LogP contribution is -2.32. The lowest BCUT2D eigenvalue weighted by atomic mass is 10.1. The molecule has 29 heavy (non-hydrogen) atoms. The van der Waals surface area contributed by atoms with Crippen molar-refractivity contribution in [3.05, 3.63) is 58.9 Å². The number of nitrogens with zero attached hydrogens (tertiary/aromatic N) is 4. The van der Waals surface area contributed by atoms with Crippen molar-refractivity contribution in [2.45, 2.75) is 30.7 Å². The molecule has 3 rings (SSSR count). The second-order valence-corrected chi connectivity index (χ2v) is 9.09. The van der Waals surface area contributed by atoms with Crippen LogP contribution in [-0.4, -0.2) is 48.1 Å². The van der Waals surface area contributed by atoms with E-state index in [4.69, 9.17) is 16.9 Å². The van der Waals surface area contributed by atoms with E-state index in [1.54, 1.807) is 18.5 Å². The second kappa shape index (κ2) is 9.35. The molecule has 1 aliphatic rings. The fourth-order valence-corrected chi connectivity index (χ4v) is 4.97. The second-order valence-electron chi connectivity index (χ2n) is 6.75. The van der Waals surface area contributed by atoms with Gasteiger partial charge in [0.15, 0.2) is 0 Å². The molecule has 1 amide bonds. The Morgan fingerprint density at radius 1 is 1.28 bits per heavy atom. The zero-order valence-corrected chi connectivity index (χ0v) is 17.4. The standard InChI is InChI=1S/C20H21ClN4O3S/c21-19-7-6-17(29(27,28)25-11-1-2-12-25)13-18(19)20(26)24(10-4-8-22)15-16-5-3-9-23-14-16/h3,5-7,9,13-14H,1-2,4,10-12,15H2. The minimum atomic E-state index is -3.67. The SMILES string of the molecule is N#CCCN(Cc1cccnc1)C(=O)c1cc(S(=O)(=O)N2CCCC2)ccc1Cl. The first-order valence-electron chi connectivity index (χ1n) is 9.28. The smallest absolute Gasteiger partial charge is 0.255 e. The van der Waals surface area contributed by atoms with Crippen LogP contribution in [-0.2, 0) is 16.6 Å². The number of sulfonamides is 1. The largest absolute Gasteiger partial charge is 0.333 e.